The molecule has 29 heavy (non-hydrogen) atoms. The average Bonchev–Trinajstić information content (AvgIpc) is 2.74. The van der Waals surface area contributed by atoms with Crippen molar-refractivity contribution in [1.29, 1.82) is 0 Å². The van der Waals surface area contributed by atoms with Crippen molar-refractivity contribution in [2.24, 2.45) is 0 Å². The fourth-order valence-electron chi connectivity index (χ4n) is 4.26. The molecule has 152 valence electrons. The molecule has 1 aliphatic carbocycles. The molecule has 2 fully saturated rings. The summed E-state index contributed by atoms with van der Waals surface area (Å²) in [4.78, 5) is 29.9. The topological polar surface area (TPSA) is 49.9 Å². The molecule has 0 N–H and O–H groups in total. The largest absolute Gasteiger partial charge is 0.497 e. The third-order valence-corrected chi connectivity index (χ3v) is 6.73. The van der Waals surface area contributed by atoms with Crippen LogP contribution >= 0.6 is 15.9 Å². The predicted molar refractivity (Wildman–Crippen MR) is 115 cm³/mol. The first-order valence-electron chi connectivity index (χ1n) is 10.0. The maximum absolute atomic E-state index is 13.4. The van der Waals surface area contributed by atoms with E-state index in [1.54, 1.807) is 31.4 Å². The number of piperazine rings is 1. The summed E-state index contributed by atoms with van der Waals surface area (Å²) in [5.41, 5.74) is 1.37. The molecule has 0 atom stereocenters. The van der Waals surface area contributed by atoms with E-state index in [1.165, 1.54) is 0 Å². The molecule has 0 bridgehead atoms. The summed E-state index contributed by atoms with van der Waals surface area (Å²) in [6.45, 7) is 2.29. The van der Waals surface area contributed by atoms with Crippen LogP contribution < -0.4 is 4.74 Å². The fourth-order valence-corrected chi connectivity index (χ4v) is 4.52. The first-order chi connectivity index (χ1) is 14.0. The lowest BCUT2D eigenvalue weighted by Gasteiger charge is -2.46. The number of halogens is 1. The molecule has 2 aliphatic rings. The van der Waals surface area contributed by atoms with Crippen molar-refractivity contribution in [3.63, 3.8) is 0 Å². The van der Waals surface area contributed by atoms with E-state index >= 15 is 0 Å². The Morgan fingerprint density at radius 3 is 2.00 bits per heavy atom. The van der Waals surface area contributed by atoms with Crippen LogP contribution in [0.25, 0.3) is 0 Å². The first kappa shape index (κ1) is 20.0. The van der Waals surface area contributed by atoms with Crippen molar-refractivity contribution in [2.45, 2.75) is 24.7 Å². The number of benzene rings is 2. The average molecular weight is 457 g/mol. The van der Waals surface area contributed by atoms with Crippen LogP contribution in [0, 0.1) is 0 Å². The summed E-state index contributed by atoms with van der Waals surface area (Å²) < 4.78 is 6.18. The number of methoxy groups -OCH3 is 1. The number of carbonyl (C=O) groups is 2. The number of carbonyl (C=O) groups excluding carboxylic acids is 2. The van der Waals surface area contributed by atoms with Gasteiger partial charge in [-0.25, -0.2) is 0 Å². The highest BCUT2D eigenvalue weighted by atomic mass is 79.9. The monoisotopic (exact) mass is 456 g/mol. The number of hydrogen-bond donors (Lipinski definition) is 0. The van der Waals surface area contributed by atoms with Gasteiger partial charge in [0.1, 0.15) is 5.75 Å². The molecule has 4 rings (SSSR count). The summed E-state index contributed by atoms with van der Waals surface area (Å²) in [5, 5.41) is 0. The van der Waals surface area contributed by atoms with Crippen LogP contribution in [0.5, 0.6) is 5.75 Å². The van der Waals surface area contributed by atoms with Gasteiger partial charge >= 0.3 is 0 Å². The van der Waals surface area contributed by atoms with Gasteiger partial charge in [-0.3, -0.25) is 9.59 Å². The number of hydrogen-bond acceptors (Lipinski definition) is 3. The van der Waals surface area contributed by atoms with Gasteiger partial charge in [0.2, 0.25) is 5.91 Å². The summed E-state index contributed by atoms with van der Waals surface area (Å²) in [6, 6.07) is 15.3. The number of rotatable bonds is 4. The highest BCUT2D eigenvalue weighted by Crippen LogP contribution is 2.45. The molecule has 1 aliphatic heterocycles. The Morgan fingerprint density at radius 1 is 0.897 bits per heavy atom. The van der Waals surface area contributed by atoms with Crippen molar-refractivity contribution >= 4 is 27.7 Å². The molecular formula is C23H25BrN2O3. The number of ether oxygens (including phenoxy) is 1. The Kier molecular flexibility index (Phi) is 5.63. The predicted octanol–water partition coefficient (Wildman–Crippen LogP) is 3.86. The van der Waals surface area contributed by atoms with Gasteiger partial charge < -0.3 is 14.5 Å². The molecule has 2 aromatic rings. The Hall–Kier alpha value is -2.34. The summed E-state index contributed by atoms with van der Waals surface area (Å²) in [7, 11) is 1.61. The first-order valence-corrected chi connectivity index (χ1v) is 10.8. The highest BCUT2D eigenvalue weighted by Gasteiger charge is 2.48. The van der Waals surface area contributed by atoms with E-state index < -0.39 is 0 Å². The fraction of sp³-hybridized carbons (Fsp3) is 0.391. The van der Waals surface area contributed by atoms with E-state index in [0.29, 0.717) is 31.7 Å². The van der Waals surface area contributed by atoms with Crippen LogP contribution in [0.2, 0.25) is 0 Å². The van der Waals surface area contributed by atoms with E-state index in [2.05, 4.69) is 28.1 Å². The van der Waals surface area contributed by atoms with E-state index in [1.807, 2.05) is 21.9 Å². The summed E-state index contributed by atoms with van der Waals surface area (Å²) in [6.07, 6.45) is 2.88. The van der Waals surface area contributed by atoms with Gasteiger partial charge in [-0.1, -0.05) is 34.5 Å². The van der Waals surface area contributed by atoms with E-state index in [-0.39, 0.29) is 17.2 Å². The summed E-state index contributed by atoms with van der Waals surface area (Å²) >= 11 is 3.47. The molecule has 1 saturated heterocycles. The standard InChI is InChI=1S/C23H25BrN2O3/c1-29-20-9-3-17(4-10-20)21(27)25-13-15-26(16-14-25)22(28)23(11-2-12-23)18-5-7-19(24)8-6-18/h3-10H,2,11-16H2,1H3. The minimum atomic E-state index is -0.386. The van der Waals surface area contributed by atoms with Crippen molar-refractivity contribution in [3.8, 4) is 5.75 Å². The Balaban J connectivity index is 1.41. The lowest BCUT2D eigenvalue weighted by molar-refractivity contribution is -0.142. The van der Waals surface area contributed by atoms with Gasteiger partial charge in [0, 0.05) is 36.2 Å². The molecule has 1 heterocycles. The molecule has 5 nitrogen and oxygen atoms in total. The number of amides is 2. The zero-order valence-corrected chi connectivity index (χ0v) is 18.2. The van der Waals surface area contributed by atoms with Crippen LogP contribution in [0.15, 0.2) is 53.0 Å². The van der Waals surface area contributed by atoms with Gasteiger partial charge in [-0.05, 0) is 54.8 Å². The smallest absolute Gasteiger partial charge is 0.253 e. The minimum Gasteiger partial charge on any atom is -0.497 e. The van der Waals surface area contributed by atoms with Crippen molar-refractivity contribution in [2.75, 3.05) is 33.3 Å². The van der Waals surface area contributed by atoms with Crippen LogP contribution in [0.4, 0.5) is 0 Å². The van der Waals surface area contributed by atoms with Gasteiger partial charge in [-0.2, -0.15) is 0 Å². The molecule has 0 unspecified atom stereocenters. The second-order valence-corrected chi connectivity index (χ2v) is 8.67. The lowest BCUT2D eigenvalue weighted by atomic mass is 9.63. The second kappa shape index (κ2) is 8.19. The van der Waals surface area contributed by atoms with E-state index in [9.17, 15) is 9.59 Å². The normalized spacial score (nSPS) is 18.1. The maximum Gasteiger partial charge on any atom is 0.253 e. The van der Waals surface area contributed by atoms with Gasteiger partial charge in [0.05, 0.1) is 12.5 Å². The molecular weight excluding hydrogens is 432 g/mol. The minimum absolute atomic E-state index is 0.00557. The third kappa shape index (κ3) is 3.78. The SMILES string of the molecule is COc1ccc(C(=O)N2CCN(C(=O)C3(c4ccc(Br)cc4)CCC3)CC2)cc1. The van der Waals surface area contributed by atoms with Gasteiger partial charge in [0.25, 0.3) is 5.91 Å². The Labute approximate surface area is 179 Å². The molecule has 0 radical (unpaired) electrons. The zero-order valence-electron chi connectivity index (χ0n) is 16.6. The van der Waals surface area contributed by atoms with E-state index in [0.717, 1.165) is 35.0 Å². The van der Waals surface area contributed by atoms with Crippen LogP contribution in [-0.4, -0.2) is 54.9 Å². The van der Waals surface area contributed by atoms with Gasteiger partial charge in [-0.15, -0.1) is 0 Å². The van der Waals surface area contributed by atoms with Crippen LogP contribution in [0.1, 0.15) is 35.2 Å². The van der Waals surface area contributed by atoms with Gasteiger partial charge in [0.15, 0.2) is 0 Å². The quantitative estimate of drug-likeness (QED) is 0.701. The molecule has 6 heteroatoms. The van der Waals surface area contributed by atoms with Crippen molar-refractivity contribution in [3.05, 3.63) is 64.1 Å². The van der Waals surface area contributed by atoms with E-state index in [4.69, 9.17) is 4.74 Å². The number of nitrogens with zero attached hydrogens (tertiary/aromatic N) is 2. The molecule has 2 aromatic carbocycles. The molecule has 0 spiro atoms. The maximum atomic E-state index is 13.4. The summed E-state index contributed by atoms with van der Waals surface area (Å²) in [5.74, 6) is 0.948. The Morgan fingerprint density at radius 2 is 1.48 bits per heavy atom. The molecule has 1 saturated carbocycles. The Bertz CT molecular complexity index is 883. The third-order valence-electron chi connectivity index (χ3n) is 6.20. The highest BCUT2D eigenvalue weighted by molar-refractivity contribution is 9.10. The van der Waals surface area contributed by atoms with Crippen LogP contribution in [0.3, 0.4) is 0 Å². The van der Waals surface area contributed by atoms with Crippen LogP contribution in [-0.2, 0) is 10.2 Å². The van der Waals surface area contributed by atoms with Crippen molar-refractivity contribution < 1.29 is 14.3 Å². The lowest BCUT2D eigenvalue weighted by Crippen LogP contribution is -2.57. The zero-order chi connectivity index (χ0) is 20.4. The second-order valence-electron chi connectivity index (χ2n) is 7.76. The molecule has 0 aromatic heterocycles. The van der Waals surface area contributed by atoms with Crippen molar-refractivity contribution in [1.82, 2.24) is 9.80 Å². The molecule has 2 amide bonds.